The van der Waals surface area contributed by atoms with Crippen LogP contribution in [0, 0.1) is 17.1 Å². The van der Waals surface area contributed by atoms with E-state index in [1.807, 2.05) is 30.4 Å². The maximum absolute atomic E-state index is 14.8. The third kappa shape index (κ3) is 5.29. The van der Waals surface area contributed by atoms with Gasteiger partial charge in [0.25, 0.3) is 0 Å². The van der Waals surface area contributed by atoms with Crippen molar-refractivity contribution in [3.63, 3.8) is 0 Å². The van der Waals surface area contributed by atoms with Gasteiger partial charge >= 0.3 is 5.97 Å². The summed E-state index contributed by atoms with van der Waals surface area (Å²) < 4.78 is 29.1. The highest BCUT2D eigenvalue weighted by Crippen LogP contribution is 2.42. The molecule has 0 bridgehead atoms. The van der Waals surface area contributed by atoms with Gasteiger partial charge in [-0.15, -0.1) is 0 Å². The number of hydrogen-bond donors (Lipinski definition) is 1. The molecular weight excluding hydrogens is 547 g/mol. The lowest BCUT2D eigenvalue weighted by atomic mass is 9.87. The molecule has 4 aromatic rings. The van der Waals surface area contributed by atoms with Crippen LogP contribution in [0.15, 0.2) is 60.7 Å². The van der Waals surface area contributed by atoms with Gasteiger partial charge in [0.2, 0.25) is 0 Å². The van der Waals surface area contributed by atoms with Gasteiger partial charge in [-0.1, -0.05) is 30.3 Å². The van der Waals surface area contributed by atoms with Gasteiger partial charge in [-0.3, -0.25) is 4.90 Å². The summed E-state index contributed by atoms with van der Waals surface area (Å²) >= 11 is 0. The number of halogens is 1. The first-order valence-electron chi connectivity index (χ1n) is 14.7. The Bertz CT molecular complexity index is 1780. The van der Waals surface area contributed by atoms with E-state index in [1.165, 1.54) is 6.07 Å². The highest BCUT2D eigenvalue weighted by Gasteiger charge is 2.29. The zero-order chi connectivity index (χ0) is 29.5. The standard InChI is InChI=1S/C34H31FN4O4/c35-28-16-21(18-36)4-7-27(28)31-9-6-23-2-1-3-26(33(23)43-31)22-10-13-38(14-11-22)20-32-37-29-8-5-24(34(40)41)17-30(29)39(32)19-25-12-15-42-25/h1-9,16-17,22,25,31H,10-15,19-20H2,(H,40,41)/t25-,31+/m1/s1. The Morgan fingerprint density at radius 2 is 1.93 bits per heavy atom. The number of aromatic carboxylic acids is 1. The Hall–Kier alpha value is -4.52. The Labute approximate surface area is 248 Å². The number of benzene rings is 3. The molecule has 2 fully saturated rings. The second kappa shape index (κ2) is 11.3. The van der Waals surface area contributed by atoms with Crippen LogP contribution in [-0.4, -0.2) is 51.3 Å². The summed E-state index contributed by atoms with van der Waals surface area (Å²) in [6, 6.07) is 17.8. The molecule has 0 amide bonds. The van der Waals surface area contributed by atoms with Crippen LogP contribution in [0.2, 0.25) is 0 Å². The van der Waals surface area contributed by atoms with Crippen molar-refractivity contribution in [2.75, 3.05) is 19.7 Å². The number of likely N-dealkylation sites (tertiary alicyclic amines) is 1. The van der Waals surface area contributed by atoms with Crippen LogP contribution in [0.4, 0.5) is 4.39 Å². The van der Waals surface area contributed by atoms with Gasteiger partial charge in [-0.2, -0.15) is 5.26 Å². The molecule has 2 saturated heterocycles. The number of nitriles is 1. The maximum Gasteiger partial charge on any atom is 0.335 e. The van der Waals surface area contributed by atoms with E-state index in [2.05, 4.69) is 15.5 Å². The lowest BCUT2D eigenvalue weighted by Crippen LogP contribution is -2.35. The number of ether oxygens (including phenoxy) is 2. The minimum atomic E-state index is -0.950. The summed E-state index contributed by atoms with van der Waals surface area (Å²) in [5, 5.41) is 18.6. The van der Waals surface area contributed by atoms with Crippen LogP contribution < -0.4 is 4.74 Å². The number of carboxylic acid groups (broad SMARTS) is 1. The lowest BCUT2D eigenvalue weighted by molar-refractivity contribution is -0.0592. The van der Waals surface area contributed by atoms with Crippen molar-refractivity contribution < 1.29 is 23.8 Å². The van der Waals surface area contributed by atoms with Gasteiger partial charge in [-0.05, 0) is 80.2 Å². The van der Waals surface area contributed by atoms with Crippen LogP contribution in [0.5, 0.6) is 5.75 Å². The molecule has 0 saturated carbocycles. The van der Waals surface area contributed by atoms with Gasteiger partial charge in [-0.25, -0.2) is 14.2 Å². The van der Waals surface area contributed by atoms with E-state index in [4.69, 9.17) is 19.7 Å². The first kappa shape index (κ1) is 27.3. The highest BCUT2D eigenvalue weighted by molar-refractivity contribution is 5.92. The first-order chi connectivity index (χ1) is 21.0. The minimum Gasteiger partial charge on any atom is -0.481 e. The predicted molar refractivity (Wildman–Crippen MR) is 158 cm³/mol. The van der Waals surface area contributed by atoms with Gasteiger partial charge < -0.3 is 19.1 Å². The average molecular weight is 579 g/mol. The molecule has 4 heterocycles. The smallest absolute Gasteiger partial charge is 0.335 e. The zero-order valence-electron chi connectivity index (χ0n) is 23.6. The van der Waals surface area contributed by atoms with Crippen molar-refractivity contribution in [3.05, 3.63) is 100 Å². The Balaban J connectivity index is 1.08. The Kier molecular flexibility index (Phi) is 7.17. The first-order valence-corrected chi connectivity index (χ1v) is 14.7. The molecule has 1 N–H and O–H groups in total. The molecule has 218 valence electrons. The van der Waals surface area contributed by atoms with Crippen LogP contribution >= 0.6 is 0 Å². The Morgan fingerprint density at radius 1 is 1.09 bits per heavy atom. The molecule has 0 aliphatic carbocycles. The number of para-hydroxylation sites is 1. The van der Waals surface area contributed by atoms with Gasteiger partial charge in [0.1, 0.15) is 23.5 Å². The maximum atomic E-state index is 14.8. The summed E-state index contributed by atoms with van der Waals surface area (Å²) in [6.45, 7) is 3.84. The number of fused-ring (bicyclic) bond motifs is 2. The number of carboxylic acids is 1. The topological polar surface area (TPSA) is 101 Å². The van der Waals surface area contributed by atoms with Crippen LogP contribution in [0.1, 0.15) is 69.7 Å². The molecule has 0 spiro atoms. The molecular formula is C34H31FN4O4. The molecule has 1 aromatic heterocycles. The van der Waals surface area contributed by atoms with Gasteiger partial charge in [0.15, 0.2) is 0 Å². The van der Waals surface area contributed by atoms with E-state index in [1.54, 1.807) is 30.3 Å². The summed E-state index contributed by atoms with van der Waals surface area (Å²) in [5.41, 5.74) is 4.69. The predicted octanol–water partition coefficient (Wildman–Crippen LogP) is 6.06. The third-order valence-electron chi connectivity index (χ3n) is 8.85. The summed E-state index contributed by atoms with van der Waals surface area (Å²) in [6.07, 6.45) is 6.28. The lowest BCUT2D eigenvalue weighted by Gasteiger charge is -2.34. The van der Waals surface area contributed by atoms with Crippen molar-refractivity contribution in [2.45, 2.75) is 50.5 Å². The van der Waals surface area contributed by atoms with Crippen LogP contribution in [0.25, 0.3) is 17.1 Å². The van der Waals surface area contributed by atoms with E-state index in [-0.39, 0.29) is 17.2 Å². The SMILES string of the molecule is N#Cc1ccc([C@@H]2C=Cc3cccc(C4CCN(Cc5nc6ccc(C(=O)O)cc6n5C[C@H]5CCO5)CC4)c3O2)c(F)c1. The zero-order valence-corrected chi connectivity index (χ0v) is 23.6. The second-order valence-corrected chi connectivity index (χ2v) is 11.5. The van der Waals surface area contributed by atoms with E-state index in [0.717, 1.165) is 72.7 Å². The number of hydrogen-bond acceptors (Lipinski definition) is 6. The summed E-state index contributed by atoms with van der Waals surface area (Å²) in [5.74, 6) is 0.619. The molecule has 9 heteroatoms. The number of carbonyl (C=O) groups is 1. The van der Waals surface area contributed by atoms with Gasteiger partial charge in [0.05, 0.1) is 47.4 Å². The largest absolute Gasteiger partial charge is 0.481 e. The molecule has 43 heavy (non-hydrogen) atoms. The van der Waals surface area contributed by atoms with Crippen molar-refractivity contribution in [1.29, 1.82) is 5.26 Å². The van der Waals surface area contributed by atoms with Gasteiger partial charge in [0, 0.05) is 17.7 Å². The van der Waals surface area contributed by atoms with Crippen molar-refractivity contribution in [1.82, 2.24) is 14.5 Å². The summed E-state index contributed by atoms with van der Waals surface area (Å²) in [4.78, 5) is 18.9. The van der Waals surface area contributed by atoms with Crippen LogP contribution in [0.3, 0.4) is 0 Å². The monoisotopic (exact) mass is 578 g/mol. The molecule has 0 radical (unpaired) electrons. The number of aromatic nitrogens is 2. The number of piperidine rings is 1. The number of nitrogens with zero attached hydrogens (tertiary/aromatic N) is 4. The molecule has 3 aromatic carbocycles. The second-order valence-electron chi connectivity index (χ2n) is 11.5. The van der Waals surface area contributed by atoms with Crippen molar-refractivity contribution >= 4 is 23.1 Å². The number of imidazole rings is 1. The molecule has 3 aliphatic heterocycles. The fourth-order valence-corrected chi connectivity index (χ4v) is 6.38. The van der Waals surface area contributed by atoms with Crippen LogP contribution in [-0.2, 0) is 17.8 Å². The fraction of sp³-hybridized carbons (Fsp3) is 0.324. The minimum absolute atomic E-state index is 0.121. The molecule has 2 atom stereocenters. The average Bonchev–Trinajstić information content (AvgIpc) is 3.34. The number of rotatable bonds is 7. The van der Waals surface area contributed by atoms with E-state index in [9.17, 15) is 14.3 Å². The van der Waals surface area contributed by atoms with E-state index >= 15 is 0 Å². The quantitative estimate of drug-likeness (QED) is 0.285. The Morgan fingerprint density at radius 3 is 2.65 bits per heavy atom. The molecule has 7 rings (SSSR count). The fourth-order valence-electron chi connectivity index (χ4n) is 6.38. The molecule has 0 unspecified atom stereocenters. The normalized spacial score (nSPS) is 20.3. The summed E-state index contributed by atoms with van der Waals surface area (Å²) in [7, 11) is 0. The highest BCUT2D eigenvalue weighted by atomic mass is 19.1. The molecule has 3 aliphatic rings. The van der Waals surface area contributed by atoms with Crippen molar-refractivity contribution in [2.24, 2.45) is 0 Å². The third-order valence-corrected chi connectivity index (χ3v) is 8.85. The van der Waals surface area contributed by atoms with E-state index in [0.29, 0.717) is 24.6 Å². The van der Waals surface area contributed by atoms with Crippen molar-refractivity contribution in [3.8, 4) is 11.8 Å². The van der Waals surface area contributed by atoms with E-state index < -0.39 is 17.9 Å². The molecule has 8 nitrogen and oxygen atoms in total.